The van der Waals surface area contributed by atoms with E-state index >= 15 is 0 Å². The van der Waals surface area contributed by atoms with E-state index in [1.807, 2.05) is 12.1 Å². The van der Waals surface area contributed by atoms with E-state index in [0.29, 0.717) is 37.5 Å². The van der Waals surface area contributed by atoms with Gasteiger partial charge in [-0.3, -0.25) is 19.8 Å². The molecule has 2 aromatic carbocycles. The topological polar surface area (TPSA) is 109 Å². The summed E-state index contributed by atoms with van der Waals surface area (Å²) in [5.74, 6) is 0.243. The van der Waals surface area contributed by atoms with Crippen LogP contribution in [0.5, 0.6) is 11.5 Å². The number of benzene rings is 2. The second kappa shape index (κ2) is 7.77. The molecule has 2 heterocycles. The molecule has 0 aromatic heterocycles. The quantitative estimate of drug-likeness (QED) is 0.577. The van der Waals surface area contributed by atoms with Crippen molar-refractivity contribution < 1.29 is 19.2 Å². The summed E-state index contributed by atoms with van der Waals surface area (Å²) >= 11 is 0. The number of rotatable bonds is 4. The van der Waals surface area contributed by atoms with Gasteiger partial charge in [-0.2, -0.15) is 5.26 Å². The fourth-order valence-corrected chi connectivity index (χ4v) is 3.48. The first kappa shape index (κ1) is 18.7. The van der Waals surface area contributed by atoms with Gasteiger partial charge in [0.15, 0.2) is 11.5 Å². The minimum atomic E-state index is -0.573. The van der Waals surface area contributed by atoms with Crippen LogP contribution in [0.15, 0.2) is 36.4 Å². The largest absolute Gasteiger partial charge is 0.454 e. The van der Waals surface area contributed by atoms with Gasteiger partial charge in [0.1, 0.15) is 5.56 Å². The van der Waals surface area contributed by atoms with Crippen LogP contribution in [-0.2, 0) is 6.54 Å². The number of piperazine rings is 1. The second-order valence-electron chi connectivity index (χ2n) is 6.86. The molecule has 0 aliphatic carbocycles. The van der Waals surface area contributed by atoms with Crippen molar-refractivity contribution in [3.8, 4) is 17.6 Å². The molecule has 1 fully saturated rings. The standard InChI is InChI=1S/C20H18N4O5/c21-11-14-1-3-15(4-2-14)12-22-5-7-23(8-6-22)20(25)16-9-18-19(29-13-28-18)10-17(16)24(26)27/h1-4,9-10H,5-8,12-13H2. The Morgan fingerprint density at radius 1 is 1.10 bits per heavy atom. The molecule has 29 heavy (non-hydrogen) atoms. The van der Waals surface area contributed by atoms with E-state index in [1.54, 1.807) is 17.0 Å². The summed E-state index contributed by atoms with van der Waals surface area (Å²) in [4.78, 5) is 27.6. The molecule has 9 nitrogen and oxygen atoms in total. The monoisotopic (exact) mass is 394 g/mol. The van der Waals surface area contributed by atoms with E-state index in [2.05, 4.69) is 11.0 Å². The molecular formula is C20H18N4O5. The molecule has 1 amide bonds. The van der Waals surface area contributed by atoms with Crippen LogP contribution in [0.3, 0.4) is 0 Å². The lowest BCUT2D eigenvalue weighted by Crippen LogP contribution is -2.48. The van der Waals surface area contributed by atoms with Crippen LogP contribution in [0.2, 0.25) is 0 Å². The van der Waals surface area contributed by atoms with Crippen LogP contribution in [0.4, 0.5) is 5.69 Å². The number of ether oxygens (including phenoxy) is 2. The number of hydrogen-bond acceptors (Lipinski definition) is 7. The molecular weight excluding hydrogens is 376 g/mol. The maximum Gasteiger partial charge on any atom is 0.286 e. The van der Waals surface area contributed by atoms with Crippen molar-refractivity contribution in [2.24, 2.45) is 0 Å². The van der Waals surface area contributed by atoms with Crippen molar-refractivity contribution in [3.05, 3.63) is 63.2 Å². The molecule has 0 unspecified atom stereocenters. The average molecular weight is 394 g/mol. The molecule has 0 N–H and O–H groups in total. The molecule has 2 aliphatic rings. The van der Waals surface area contributed by atoms with Crippen molar-refractivity contribution >= 4 is 11.6 Å². The third kappa shape index (κ3) is 3.83. The lowest BCUT2D eigenvalue weighted by molar-refractivity contribution is -0.385. The van der Waals surface area contributed by atoms with Gasteiger partial charge < -0.3 is 14.4 Å². The van der Waals surface area contributed by atoms with Gasteiger partial charge in [0.2, 0.25) is 6.79 Å². The Labute approximate surface area is 166 Å². The molecule has 2 aromatic rings. The lowest BCUT2D eigenvalue weighted by atomic mass is 10.1. The van der Waals surface area contributed by atoms with Crippen LogP contribution >= 0.6 is 0 Å². The predicted molar refractivity (Wildman–Crippen MR) is 102 cm³/mol. The summed E-state index contributed by atoms with van der Waals surface area (Å²) < 4.78 is 10.4. The van der Waals surface area contributed by atoms with E-state index in [1.165, 1.54) is 12.1 Å². The Morgan fingerprint density at radius 3 is 2.38 bits per heavy atom. The van der Waals surface area contributed by atoms with Gasteiger partial charge >= 0.3 is 0 Å². The van der Waals surface area contributed by atoms with Gasteiger partial charge in [-0.1, -0.05) is 12.1 Å². The smallest absolute Gasteiger partial charge is 0.286 e. The maximum absolute atomic E-state index is 12.9. The van der Waals surface area contributed by atoms with E-state index < -0.39 is 4.92 Å². The van der Waals surface area contributed by atoms with Crippen molar-refractivity contribution in [3.63, 3.8) is 0 Å². The predicted octanol–water partition coefficient (Wildman–Crippen LogP) is 2.15. The Kier molecular flexibility index (Phi) is 5.01. The highest BCUT2D eigenvalue weighted by atomic mass is 16.7. The molecule has 2 aliphatic heterocycles. The summed E-state index contributed by atoms with van der Waals surface area (Å²) in [5, 5.41) is 20.3. The van der Waals surface area contributed by atoms with Crippen LogP contribution in [0.25, 0.3) is 0 Å². The fourth-order valence-electron chi connectivity index (χ4n) is 3.48. The first-order valence-electron chi connectivity index (χ1n) is 9.14. The molecule has 0 radical (unpaired) electrons. The van der Waals surface area contributed by atoms with Gasteiger partial charge in [0, 0.05) is 38.8 Å². The highest BCUT2D eigenvalue weighted by molar-refractivity contribution is 5.99. The number of amides is 1. The molecule has 9 heteroatoms. The van der Waals surface area contributed by atoms with Crippen molar-refractivity contribution in [2.75, 3.05) is 33.0 Å². The summed E-state index contributed by atoms with van der Waals surface area (Å²) in [6.45, 7) is 2.96. The number of nitro benzene ring substituents is 1. The molecule has 4 rings (SSSR count). The number of hydrogen-bond donors (Lipinski definition) is 0. The molecule has 0 saturated carbocycles. The number of fused-ring (bicyclic) bond motifs is 1. The van der Waals surface area contributed by atoms with Crippen molar-refractivity contribution in [2.45, 2.75) is 6.54 Å². The fraction of sp³-hybridized carbons (Fsp3) is 0.300. The van der Waals surface area contributed by atoms with Gasteiger partial charge in [-0.05, 0) is 17.7 Å². The summed E-state index contributed by atoms with van der Waals surface area (Å²) in [5.41, 5.74) is 1.45. The third-order valence-corrected chi connectivity index (χ3v) is 5.07. The average Bonchev–Trinajstić information content (AvgIpc) is 3.21. The summed E-state index contributed by atoms with van der Waals surface area (Å²) in [6.07, 6.45) is 0. The lowest BCUT2D eigenvalue weighted by Gasteiger charge is -2.34. The van der Waals surface area contributed by atoms with Gasteiger partial charge in [-0.25, -0.2) is 0 Å². The van der Waals surface area contributed by atoms with E-state index in [9.17, 15) is 14.9 Å². The van der Waals surface area contributed by atoms with E-state index in [0.717, 1.165) is 12.1 Å². The Morgan fingerprint density at radius 2 is 1.76 bits per heavy atom. The molecule has 0 spiro atoms. The number of nitrogens with zero attached hydrogens (tertiary/aromatic N) is 4. The Balaban J connectivity index is 1.43. The van der Waals surface area contributed by atoms with Crippen LogP contribution in [0, 0.1) is 21.4 Å². The third-order valence-electron chi connectivity index (χ3n) is 5.07. The Hall–Kier alpha value is -3.64. The minimum absolute atomic E-state index is 0.0137. The number of nitriles is 1. The number of carbonyl (C=O) groups excluding carboxylic acids is 1. The highest BCUT2D eigenvalue weighted by Gasteiger charge is 2.31. The van der Waals surface area contributed by atoms with E-state index in [-0.39, 0.29) is 29.7 Å². The first-order valence-corrected chi connectivity index (χ1v) is 9.14. The zero-order chi connectivity index (χ0) is 20.4. The van der Waals surface area contributed by atoms with E-state index in [4.69, 9.17) is 14.7 Å². The molecule has 0 bridgehead atoms. The maximum atomic E-state index is 12.9. The molecule has 1 saturated heterocycles. The first-order chi connectivity index (χ1) is 14.0. The van der Waals surface area contributed by atoms with Crippen molar-refractivity contribution in [1.82, 2.24) is 9.80 Å². The second-order valence-corrected chi connectivity index (χ2v) is 6.86. The zero-order valence-electron chi connectivity index (χ0n) is 15.5. The van der Waals surface area contributed by atoms with Crippen LogP contribution < -0.4 is 9.47 Å². The van der Waals surface area contributed by atoms with Gasteiger partial charge in [0.05, 0.1) is 22.6 Å². The van der Waals surface area contributed by atoms with Crippen molar-refractivity contribution in [1.29, 1.82) is 5.26 Å². The summed E-state index contributed by atoms with van der Waals surface area (Å²) in [7, 11) is 0. The molecule has 0 atom stereocenters. The highest BCUT2D eigenvalue weighted by Crippen LogP contribution is 2.38. The summed E-state index contributed by atoms with van der Waals surface area (Å²) in [6, 6.07) is 12.2. The van der Waals surface area contributed by atoms with Crippen LogP contribution in [-0.4, -0.2) is 53.6 Å². The SMILES string of the molecule is N#Cc1ccc(CN2CCN(C(=O)c3cc4c(cc3[N+](=O)[O-])OCO4)CC2)cc1. The number of nitro groups is 1. The van der Waals surface area contributed by atoms with Gasteiger partial charge in [-0.15, -0.1) is 0 Å². The zero-order valence-corrected chi connectivity index (χ0v) is 15.5. The minimum Gasteiger partial charge on any atom is -0.454 e. The number of carbonyl (C=O) groups is 1. The van der Waals surface area contributed by atoms with Crippen LogP contribution in [0.1, 0.15) is 21.5 Å². The van der Waals surface area contributed by atoms with Gasteiger partial charge in [0.25, 0.3) is 11.6 Å². The normalized spacial score (nSPS) is 15.8. The molecule has 148 valence electrons. The Bertz CT molecular complexity index is 991.